The van der Waals surface area contributed by atoms with E-state index in [4.69, 9.17) is 5.11 Å². The van der Waals surface area contributed by atoms with E-state index in [9.17, 15) is 13.6 Å². The van der Waals surface area contributed by atoms with E-state index in [1.807, 2.05) is 6.92 Å². The molecule has 0 bridgehead atoms. The molecule has 6 heteroatoms. The van der Waals surface area contributed by atoms with Gasteiger partial charge >= 0.3 is 12.6 Å². The second-order valence-electron chi connectivity index (χ2n) is 5.43. The van der Waals surface area contributed by atoms with Crippen LogP contribution in [0.5, 0.6) is 5.75 Å². The van der Waals surface area contributed by atoms with Crippen molar-refractivity contribution in [2.24, 2.45) is 11.8 Å². The zero-order valence-electron chi connectivity index (χ0n) is 12.0. The van der Waals surface area contributed by atoms with Crippen molar-refractivity contribution < 1.29 is 23.4 Å². The van der Waals surface area contributed by atoms with Gasteiger partial charge in [0.25, 0.3) is 0 Å². The number of rotatable bonds is 6. The van der Waals surface area contributed by atoms with Crippen LogP contribution in [-0.2, 0) is 4.79 Å². The Labute approximate surface area is 122 Å². The molecule has 2 unspecified atom stereocenters. The van der Waals surface area contributed by atoms with Crippen LogP contribution in [0.4, 0.5) is 8.78 Å². The number of benzene rings is 1. The van der Waals surface area contributed by atoms with Gasteiger partial charge in [0, 0.05) is 24.7 Å². The lowest BCUT2D eigenvalue weighted by Crippen LogP contribution is -2.51. The molecule has 1 aromatic rings. The Bertz CT molecular complexity index is 503. The van der Waals surface area contributed by atoms with Crippen molar-refractivity contribution in [2.75, 3.05) is 13.1 Å². The Morgan fingerprint density at radius 3 is 2.52 bits per heavy atom. The lowest BCUT2D eigenvalue weighted by molar-refractivity contribution is -0.146. The van der Waals surface area contributed by atoms with Crippen molar-refractivity contribution >= 4 is 5.97 Å². The predicted octanol–water partition coefficient (Wildman–Crippen LogP) is 3.00. The molecule has 2 atom stereocenters. The first-order chi connectivity index (χ1) is 9.90. The quantitative estimate of drug-likeness (QED) is 0.877. The van der Waals surface area contributed by atoms with Gasteiger partial charge in [0.2, 0.25) is 0 Å². The zero-order valence-corrected chi connectivity index (χ0v) is 12.0. The molecule has 2 rings (SSSR count). The first-order valence-electron chi connectivity index (χ1n) is 6.90. The van der Waals surface area contributed by atoms with Crippen molar-refractivity contribution in [3.05, 3.63) is 29.8 Å². The molecule has 0 aromatic heterocycles. The fourth-order valence-electron chi connectivity index (χ4n) is 2.61. The maximum absolute atomic E-state index is 12.4. The molecule has 1 aliphatic heterocycles. The summed E-state index contributed by atoms with van der Waals surface area (Å²) in [7, 11) is 0. The summed E-state index contributed by atoms with van der Waals surface area (Å²) in [5.74, 6) is -0.905. The van der Waals surface area contributed by atoms with Crippen LogP contribution < -0.4 is 4.74 Å². The fraction of sp³-hybridized carbons (Fsp3) is 0.533. The summed E-state index contributed by atoms with van der Waals surface area (Å²) in [5, 5.41) is 8.98. The van der Waals surface area contributed by atoms with E-state index in [2.05, 4.69) is 9.64 Å². The number of ether oxygens (including phenoxy) is 1. The maximum atomic E-state index is 12.4. The van der Waals surface area contributed by atoms with E-state index in [1.165, 1.54) is 6.07 Å². The number of likely N-dealkylation sites (tertiary alicyclic amines) is 1. The molecule has 1 N–H and O–H groups in total. The minimum atomic E-state index is -2.85. The Hall–Kier alpha value is -1.69. The topological polar surface area (TPSA) is 49.8 Å². The second-order valence-corrected chi connectivity index (χ2v) is 5.43. The van der Waals surface area contributed by atoms with Crippen LogP contribution in [0.15, 0.2) is 24.3 Å². The van der Waals surface area contributed by atoms with Crippen LogP contribution in [0.25, 0.3) is 0 Å². The predicted molar refractivity (Wildman–Crippen MR) is 73.4 cm³/mol. The van der Waals surface area contributed by atoms with Gasteiger partial charge in [-0.2, -0.15) is 8.78 Å². The number of hydrogen-bond donors (Lipinski definition) is 1. The summed E-state index contributed by atoms with van der Waals surface area (Å²) >= 11 is 0. The van der Waals surface area contributed by atoms with Crippen molar-refractivity contribution in [3.8, 4) is 5.75 Å². The highest BCUT2D eigenvalue weighted by molar-refractivity contribution is 5.70. The van der Waals surface area contributed by atoms with Gasteiger partial charge in [-0.05, 0) is 18.9 Å². The molecule has 116 valence electrons. The molecule has 0 saturated carbocycles. The summed E-state index contributed by atoms with van der Waals surface area (Å²) in [6, 6.07) is 6.63. The normalized spacial score (nSPS) is 19.1. The van der Waals surface area contributed by atoms with Gasteiger partial charge in [-0.1, -0.05) is 25.1 Å². The number of nitrogens with zero attached hydrogens (tertiary/aromatic N) is 1. The average Bonchev–Trinajstić information content (AvgIpc) is 2.36. The van der Waals surface area contributed by atoms with Crippen LogP contribution in [0.1, 0.15) is 25.5 Å². The van der Waals surface area contributed by atoms with Gasteiger partial charge in [0.05, 0.1) is 5.92 Å². The number of hydrogen-bond acceptors (Lipinski definition) is 3. The summed E-state index contributed by atoms with van der Waals surface area (Å²) in [6.45, 7) is 2.06. The summed E-state index contributed by atoms with van der Waals surface area (Å²) in [6.07, 6.45) is 0. The molecule has 4 nitrogen and oxygen atoms in total. The summed E-state index contributed by atoms with van der Waals surface area (Å²) in [5.41, 5.74) is 0.694. The summed E-state index contributed by atoms with van der Waals surface area (Å²) in [4.78, 5) is 13.0. The zero-order chi connectivity index (χ0) is 15.6. The number of carboxylic acid groups (broad SMARTS) is 1. The van der Waals surface area contributed by atoms with E-state index in [-0.39, 0.29) is 23.6 Å². The third-order valence-corrected chi connectivity index (χ3v) is 4.17. The number of aliphatic carboxylic acids is 1. The van der Waals surface area contributed by atoms with Gasteiger partial charge in [-0.25, -0.2) is 0 Å². The SMILES string of the molecule is CC(C(=O)O)C1CN(C(C)c2ccccc2OC(F)F)C1. The van der Waals surface area contributed by atoms with Crippen LogP contribution in [-0.4, -0.2) is 35.7 Å². The minimum absolute atomic E-state index is 0.0859. The molecular weight excluding hydrogens is 280 g/mol. The van der Waals surface area contributed by atoms with Gasteiger partial charge in [0.15, 0.2) is 0 Å². The Balaban J connectivity index is 2.02. The Morgan fingerprint density at radius 2 is 1.95 bits per heavy atom. The van der Waals surface area contributed by atoms with Crippen LogP contribution >= 0.6 is 0 Å². The number of halogens is 2. The first kappa shape index (κ1) is 15.7. The Morgan fingerprint density at radius 1 is 1.33 bits per heavy atom. The lowest BCUT2D eigenvalue weighted by atomic mass is 9.85. The fourth-order valence-corrected chi connectivity index (χ4v) is 2.61. The highest BCUT2D eigenvalue weighted by Gasteiger charge is 2.37. The molecule has 21 heavy (non-hydrogen) atoms. The number of carbonyl (C=O) groups is 1. The van der Waals surface area contributed by atoms with Crippen molar-refractivity contribution in [1.82, 2.24) is 4.90 Å². The van der Waals surface area contributed by atoms with Gasteiger partial charge < -0.3 is 9.84 Å². The number of carboxylic acids is 1. The van der Waals surface area contributed by atoms with E-state index in [1.54, 1.807) is 25.1 Å². The molecule has 0 spiro atoms. The van der Waals surface area contributed by atoms with Gasteiger partial charge in [-0.3, -0.25) is 9.69 Å². The highest BCUT2D eigenvalue weighted by atomic mass is 19.3. The van der Waals surface area contributed by atoms with E-state index >= 15 is 0 Å². The molecule has 1 heterocycles. The maximum Gasteiger partial charge on any atom is 0.387 e. The molecule has 0 radical (unpaired) electrons. The van der Waals surface area contributed by atoms with E-state index in [0.717, 1.165) is 0 Å². The monoisotopic (exact) mass is 299 g/mol. The van der Waals surface area contributed by atoms with Crippen molar-refractivity contribution in [3.63, 3.8) is 0 Å². The first-order valence-corrected chi connectivity index (χ1v) is 6.90. The number of alkyl halides is 2. The van der Waals surface area contributed by atoms with Gasteiger partial charge in [-0.15, -0.1) is 0 Å². The average molecular weight is 299 g/mol. The van der Waals surface area contributed by atoms with Crippen LogP contribution in [0.3, 0.4) is 0 Å². The molecule has 1 aromatic carbocycles. The third kappa shape index (κ3) is 3.50. The molecule has 0 amide bonds. The van der Waals surface area contributed by atoms with Crippen LogP contribution in [0.2, 0.25) is 0 Å². The lowest BCUT2D eigenvalue weighted by Gasteiger charge is -2.45. The van der Waals surface area contributed by atoms with E-state index < -0.39 is 12.6 Å². The summed E-state index contributed by atoms with van der Waals surface area (Å²) < 4.78 is 29.4. The molecule has 1 saturated heterocycles. The standard InChI is InChI=1S/C15H19F2NO3/c1-9(14(19)20)11-7-18(8-11)10(2)12-5-3-4-6-13(12)21-15(16)17/h3-6,9-11,15H,7-8H2,1-2H3,(H,19,20). The number of para-hydroxylation sites is 1. The van der Waals surface area contributed by atoms with Crippen molar-refractivity contribution in [2.45, 2.75) is 26.5 Å². The smallest absolute Gasteiger partial charge is 0.387 e. The van der Waals surface area contributed by atoms with Crippen LogP contribution in [0, 0.1) is 11.8 Å². The minimum Gasteiger partial charge on any atom is -0.481 e. The van der Waals surface area contributed by atoms with Gasteiger partial charge in [0.1, 0.15) is 5.75 Å². The highest BCUT2D eigenvalue weighted by Crippen LogP contribution is 2.36. The molecule has 0 aliphatic carbocycles. The van der Waals surface area contributed by atoms with E-state index in [0.29, 0.717) is 18.7 Å². The second kappa shape index (κ2) is 6.39. The Kier molecular flexibility index (Phi) is 4.77. The largest absolute Gasteiger partial charge is 0.481 e. The van der Waals surface area contributed by atoms with Crippen molar-refractivity contribution in [1.29, 1.82) is 0 Å². The molecular formula is C15H19F2NO3. The third-order valence-electron chi connectivity index (χ3n) is 4.17. The molecule has 1 fully saturated rings. The molecule has 1 aliphatic rings.